The maximum absolute atomic E-state index is 11.9. The van der Waals surface area contributed by atoms with Crippen LogP contribution in [0.25, 0.3) is 0 Å². The topological polar surface area (TPSA) is 42.0 Å². The van der Waals surface area contributed by atoms with Crippen LogP contribution in [-0.2, 0) is 0 Å². The Hall–Kier alpha value is -1.09. The minimum atomic E-state index is -0.148. The summed E-state index contributed by atoms with van der Waals surface area (Å²) in [7, 11) is 0. The second-order valence-corrected chi connectivity index (χ2v) is 5.46. The molecule has 3 nitrogen and oxygen atoms in total. The number of aromatic nitrogens is 1. The minimum absolute atomic E-state index is 0.148. The van der Waals surface area contributed by atoms with Crippen molar-refractivity contribution in [3.05, 3.63) is 29.0 Å². The van der Waals surface area contributed by atoms with E-state index in [1.165, 1.54) is 12.6 Å². The number of nitrogens with one attached hydrogen (secondary N) is 1. The van der Waals surface area contributed by atoms with Gasteiger partial charge in [0.15, 0.2) is 0 Å². The number of carbonyl (C=O) groups excluding carboxylic acids is 1. The molecule has 100 valence electrons. The van der Waals surface area contributed by atoms with Crippen molar-refractivity contribution in [3.8, 4) is 0 Å². The van der Waals surface area contributed by atoms with Crippen molar-refractivity contribution in [2.75, 3.05) is 0 Å². The second-order valence-electron chi connectivity index (χ2n) is 5.05. The molecule has 0 spiro atoms. The molecule has 0 radical (unpaired) electrons. The Morgan fingerprint density at radius 2 is 2.11 bits per heavy atom. The summed E-state index contributed by atoms with van der Waals surface area (Å²) in [4.78, 5) is 15.9. The quantitative estimate of drug-likeness (QED) is 0.855. The van der Waals surface area contributed by atoms with Gasteiger partial charge in [-0.3, -0.25) is 9.78 Å². The van der Waals surface area contributed by atoms with Crippen molar-refractivity contribution in [2.45, 2.75) is 46.1 Å². The minimum Gasteiger partial charge on any atom is -0.349 e. The van der Waals surface area contributed by atoms with E-state index >= 15 is 0 Å². The molecule has 1 N–H and O–H groups in total. The Morgan fingerprint density at radius 3 is 2.72 bits per heavy atom. The summed E-state index contributed by atoms with van der Waals surface area (Å²) >= 11 is 5.95. The van der Waals surface area contributed by atoms with Crippen molar-refractivity contribution < 1.29 is 4.79 Å². The van der Waals surface area contributed by atoms with E-state index < -0.39 is 0 Å². The predicted molar refractivity (Wildman–Crippen MR) is 74.9 cm³/mol. The summed E-state index contributed by atoms with van der Waals surface area (Å²) in [6.45, 7) is 6.43. The van der Waals surface area contributed by atoms with Crippen molar-refractivity contribution in [1.82, 2.24) is 10.3 Å². The van der Waals surface area contributed by atoms with Gasteiger partial charge in [0.2, 0.25) is 0 Å². The maximum atomic E-state index is 11.9. The summed E-state index contributed by atoms with van der Waals surface area (Å²) in [5, 5.41) is 3.39. The summed E-state index contributed by atoms with van der Waals surface area (Å²) in [5.74, 6) is 0.561. The lowest BCUT2D eigenvalue weighted by Crippen LogP contribution is -2.32. The summed E-state index contributed by atoms with van der Waals surface area (Å²) in [6.07, 6.45) is 6.37. The third kappa shape index (κ3) is 5.05. The second kappa shape index (κ2) is 7.37. The molecule has 0 fully saturated rings. The van der Waals surface area contributed by atoms with Gasteiger partial charge in [-0.1, -0.05) is 38.3 Å². The Bertz CT molecular complexity index is 393. The lowest BCUT2D eigenvalue weighted by Gasteiger charge is -2.14. The Labute approximate surface area is 114 Å². The number of halogens is 1. The summed E-state index contributed by atoms with van der Waals surface area (Å²) in [5.41, 5.74) is 0.440. The molecule has 0 aliphatic carbocycles. The fourth-order valence-corrected chi connectivity index (χ4v) is 1.94. The van der Waals surface area contributed by atoms with Crippen LogP contribution in [0.1, 0.15) is 50.4 Å². The van der Waals surface area contributed by atoms with E-state index in [2.05, 4.69) is 24.1 Å². The van der Waals surface area contributed by atoms with Crippen LogP contribution in [-0.4, -0.2) is 16.9 Å². The maximum Gasteiger partial charge on any atom is 0.254 e. The van der Waals surface area contributed by atoms with Gasteiger partial charge in [-0.15, -0.1) is 0 Å². The van der Waals surface area contributed by atoms with Crippen molar-refractivity contribution >= 4 is 17.5 Å². The molecule has 1 unspecified atom stereocenters. The fraction of sp³-hybridized carbons (Fsp3) is 0.571. The van der Waals surface area contributed by atoms with Gasteiger partial charge >= 0.3 is 0 Å². The smallest absolute Gasteiger partial charge is 0.254 e. The average Bonchev–Trinajstić information content (AvgIpc) is 2.28. The van der Waals surface area contributed by atoms with Gasteiger partial charge in [0.1, 0.15) is 0 Å². The Morgan fingerprint density at radius 1 is 1.39 bits per heavy atom. The van der Waals surface area contributed by atoms with Crippen LogP contribution in [0.3, 0.4) is 0 Å². The largest absolute Gasteiger partial charge is 0.349 e. The van der Waals surface area contributed by atoms with Crippen LogP contribution in [0.4, 0.5) is 0 Å². The fourth-order valence-electron chi connectivity index (χ4n) is 1.75. The Kier molecular flexibility index (Phi) is 6.13. The molecule has 1 heterocycles. The van der Waals surface area contributed by atoms with Crippen molar-refractivity contribution in [3.63, 3.8) is 0 Å². The third-order valence-electron chi connectivity index (χ3n) is 2.81. The highest BCUT2D eigenvalue weighted by Gasteiger charge is 2.12. The molecule has 0 bridgehead atoms. The standard InChI is InChI=1S/C14H21ClN2O/c1-10(2)5-4-6-11(3)17-14(18)12-9-16-8-7-13(12)15/h7-11H,4-6H2,1-3H3,(H,17,18). The number of hydrogen-bond donors (Lipinski definition) is 1. The van der Waals surface area contributed by atoms with Crippen molar-refractivity contribution in [2.24, 2.45) is 5.92 Å². The van der Waals surface area contributed by atoms with Gasteiger partial charge in [-0.25, -0.2) is 0 Å². The van der Waals surface area contributed by atoms with Crippen LogP contribution in [0, 0.1) is 5.92 Å². The van der Waals surface area contributed by atoms with E-state index in [9.17, 15) is 4.79 Å². The van der Waals surface area contributed by atoms with Crippen LogP contribution >= 0.6 is 11.6 Å². The van der Waals surface area contributed by atoms with Gasteiger partial charge in [0.05, 0.1) is 10.6 Å². The third-order valence-corrected chi connectivity index (χ3v) is 3.14. The van der Waals surface area contributed by atoms with Crippen molar-refractivity contribution in [1.29, 1.82) is 0 Å². The number of hydrogen-bond acceptors (Lipinski definition) is 2. The molecule has 0 aromatic carbocycles. The molecule has 1 aromatic rings. The molecule has 1 aromatic heterocycles. The number of nitrogens with zero attached hydrogens (tertiary/aromatic N) is 1. The van der Waals surface area contributed by atoms with Gasteiger partial charge in [0, 0.05) is 18.4 Å². The number of amides is 1. The Balaban J connectivity index is 2.43. The highest BCUT2D eigenvalue weighted by atomic mass is 35.5. The molecule has 1 rings (SSSR count). The first-order chi connectivity index (χ1) is 8.50. The van der Waals surface area contributed by atoms with Gasteiger partial charge < -0.3 is 5.32 Å². The highest BCUT2D eigenvalue weighted by molar-refractivity contribution is 6.33. The number of carbonyl (C=O) groups is 1. The first kappa shape index (κ1) is 15.0. The van der Waals surface area contributed by atoms with Gasteiger partial charge in [0.25, 0.3) is 5.91 Å². The van der Waals surface area contributed by atoms with E-state index in [0.717, 1.165) is 12.8 Å². The first-order valence-electron chi connectivity index (χ1n) is 6.41. The molecule has 18 heavy (non-hydrogen) atoms. The van der Waals surface area contributed by atoms with E-state index in [-0.39, 0.29) is 11.9 Å². The normalized spacial score (nSPS) is 12.5. The van der Waals surface area contributed by atoms with Crippen LogP contribution in [0.2, 0.25) is 5.02 Å². The van der Waals surface area contributed by atoms with Gasteiger partial charge in [-0.2, -0.15) is 0 Å². The number of rotatable bonds is 6. The van der Waals surface area contributed by atoms with E-state index in [0.29, 0.717) is 16.5 Å². The molecule has 4 heteroatoms. The molecule has 0 aliphatic rings. The lowest BCUT2D eigenvalue weighted by atomic mass is 10.0. The zero-order chi connectivity index (χ0) is 13.5. The lowest BCUT2D eigenvalue weighted by molar-refractivity contribution is 0.0937. The van der Waals surface area contributed by atoms with E-state index in [4.69, 9.17) is 11.6 Å². The van der Waals surface area contributed by atoms with E-state index in [1.807, 2.05) is 6.92 Å². The molecular formula is C14H21ClN2O. The van der Waals surface area contributed by atoms with Crippen LogP contribution in [0.15, 0.2) is 18.5 Å². The molecule has 0 saturated heterocycles. The van der Waals surface area contributed by atoms with Crippen LogP contribution in [0.5, 0.6) is 0 Å². The average molecular weight is 269 g/mol. The van der Waals surface area contributed by atoms with Gasteiger partial charge in [-0.05, 0) is 25.3 Å². The first-order valence-corrected chi connectivity index (χ1v) is 6.79. The molecular weight excluding hydrogens is 248 g/mol. The zero-order valence-corrected chi connectivity index (χ0v) is 12.0. The SMILES string of the molecule is CC(C)CCCC(C)NC(=O)c1cnccc1Cl. The number of pyridine rings is 1. The zero-order valence-electron chi connectivity index (χ0n) is 11.2. The molecule has 0 saturated carbocycles. The summed E-state index contributed by atoms with van der Waals surface area (Å²) < 4.78 is 0. The molecule has 1 atom stereocenters. The van der Waals surface area contributed by atoms with Crippen LogP contribution < -0.4 is 5.32 Å². The molecule has 0 aliphatic heterocycles. The monoisotopic (exact) mass is 268 g/mol. The summed E-state index contributed by atoms with van der Waals surface area (Å²) in [6, 6.07) is 1.78. The molecule has 1 amide bonds. The predicted octanol–water partition coefficient (Wildman–Crippen LogP) is 3.68. The highest BCUT2D eigenvalue weighted by Crippen LogP contribution is 2.14. The van der Waals surface area contributed by atoms with E-state index in [1.54, 1.807) is 12.3 Å².